The summed E-state index contributed by atoms with van der Waals surface area (Å²) >= 11 is 0. The molecule has 1 atom stereocenters. The molecule has 17 heavy (non-hydrogen) atoms. The highest BCUT2D eigenvalue weighted by atomic mass is 16.5. The van der Waals surface area contributed by atoms with Crippen LogP contribution in [0, 0.1) is 5.92 Å². The van der Waals surface area contributed by atoms with Gasteiger partial charge in [0.05, 0.1) is 6.10 Å². The van der Waals surface area contributed by atoms with Crippen molar-refractivity contribution >= 4 is 16.5 Å². The van der Waals surface area contributed by atoms with Crippen LogP contribution in [0.15, 0.2) is 30.6 Å². The van der Waals surface area contributed by atoms with E-state index in [1.165, 1.54) is 0 Å². The molecule has 0 fully saturated rings. The predicted molar refractivity (Wildman–Crippen MR) is 71.1 cm³/mol. The average Bonchev–Trinajstić information content (AvgIpc) is 2.33. The molecular weight excluding hydrogens is 212 g/mol. The quantitative estimate of drug-likeness (QED) is 0.823. The summed E-state index contributed by atoms with van der Waals surface area (Å²) in [6.45, 7) is 6.36. The van der Waals surface area contributed by atoms with Crippen molar-refractivity contribution in [3.05, 3.63) is 30.6 Å². The van der Waals surface area contributed by atoms with Crippen LogP contribution in [0.1, 0.15) is 20.8 Å². The van der Waals surface area contributed by atoms with Crippen molar-refractivity contribution in [3.63, 3.8) is 0 Å². The Labute approximate surface area is 102 Å². The van der Waals surface area contributed by atoms with Crippen LogP contribution < -0.4 is 10.5 Å². The van der Waals surface area contributed by atoms with Gasteiger partial charge in [-0.3, -0.25) is 4.98 Å². The van der Waals surface area contributed by atoms with Crippen LogP contribution in [0.25, 0.3) is 10.8 Å². The third-order valence-corrected chi connectivity index (χ3v) is 3.06. The Bertz CT molecular complexity index is 523. The molecule has 1 heterocycles. The smallest absolute Gasteiger partial charge is 0.129 e. The molecule has 1 aromatic heterocycles. The van der Waals surface area contributed by atoms with E-state index in [0.717, 1.165) is 22.2 Å². The summed E-state index contributed by atoms with van der Waals surface area (Å²) < 4.78 is 5.95. The lowest BCUT2D eigenvalue weighted by Gasteiger charge is -2.19. The van der Waals surface area contributed by atoms with Crippen LogP contribution in [0.2, 0.25) is 0 Å². The third-order valence-electron chi connectivity index (χ3n) is 3.06. The van der Waals surface area contributed by atoms with Crippen LogP contribution in [-0.2, 0) is 0 Å². The minimum Gasteiger partial charge on any atom is -0.490 e. The number of aromatic nitrogens is 1. The monoisotopic (exact) mass is 230 g/mol. The molecule has 3 nitrogen and oxygen atoms in total. The Morgan fingerprint density at radius 3 is 2.59 bits per heavy atom. The van der Waals surface area contributed by atoms with Crippen molar-refractivity contribution in [2.75, 3.05) is 5.73 Å². The van der Waals surface area contributed by atoms with Gasteiger partial charge >= 0.3 is 0 Å². The first-order valence-electron chi connectivity index (χ1n) is 5.88. The van der Waals surface area contributed by atoms with Gasteiger partial charge in [0.25, 0.3) is 0 Å². The number of benzene rings is 1. The van der Waals surface area contributed by atoms with Crippen LogP contribution in [-0.4, -0.2) is 11.1 Å². The molecule has 0 bridgehead atoms. The molecule has 0 aliphatic rings. The molecule has 2 aromatic rings. The van der Waals surface area contributed by atoms with E-state index in [2.05, 4.69) is 25.8 Å². The Morgan fingerprint density at radius 1 is 1.12 bits per heavy atom. The maximum Gasteiger partial charge on any atom is 0.129 e. The zero-order valence-corrected chi connectivity index (χ0v) is 10.5. The van der Waals surface area contributed by atoms with Crippen LogP contribution in [0.4, 0.5) is 5.69 Å². The number of nitrogens with two attached hydrogens (primary N) is 1. The van der Waals surface area contributed by atoms with Gasteiger partial charge in [0, 0.05) is 28.9 Å². The summed E-state index contributed by atoms with van der Waals surface area (Å²) in [5.41, 5.74) is 6.69. The fourth-order valence-electron chi connectivity index (χ4n) is 1.63. The lowest BCUT2D eigenvalue weighted by Crippen LogP contribution is -2.18. The maximum absolute atomic E-state index is 5.95. The van der Waals surface area contributed by atoms with Crippen molar-refractivity contribution in [3.8, 4) is 5.75 Å². The van der Waals surface area contributed by atoms with Crippen LogP contribution >= 0.6 is 0 Å². The van der Waals surface area contributed by atoms with E-state index in [1.54, 1.807) is 12.4 Å². The van der Waals surface area contributed by atoms with Crippen LogP contribution in [0.3, 0.4) is 0 Å². The molecule has 0 spiro atoms. The Kier molecular flexibility index (Phi) is 3.18. The number of fused-ring (bicyclic) bond motifs is 1. The van der Waals surface area contributed by atoms with Crippen LogP contribution in [0.5, 0.6) is 5.75 Å². The minimum atomic E-state index is 0.169. The summed E-state index contributed by atoms with van der Waals surface area (Å²) in [4.78, 5) is 4.13. The summed E-state index contributed by atoms with van der Waals surface area (Å²) in [6.07, 6.45) is 3.71. The van der Waals surface area contributed by atoms with E-state index in [1.807, 2.05) is 18.2 Å². The number of nitrogens with zero attached hydrogens (tertiary/aromatic N) is 1. The van der Waals surface area contributed by atoms with E-state index in [0.29, 0.717) is 5.92 Å². The average molecular weight is 230 g/mol. The number of rotatable bonds is 3. The molecular formula is C14H18N2O. The van der Waals surface area contributed by atoms with E-state index in [-0.39, 0.29) is 6.10 Å². The summed E-state index contributed by atoms with van der Waals surface area (Å²) in [5.74, 6) is 1.32. The van der Waals surface area contributed by atoms with Crippen molar-refractivity contribution < 1.29 is 4.74 Å². The lowest BCUT2D eigenvalue weighted by molar-refractivity contribution is 0.173. The second kappa shape index (κ2) is 4.62. The molecule has 2 N–H and O–H groups in total. The molecule has 0 aliphatic heterocycles. The fourth-order valence-corrected chi connectivity index (χ4v) is 1.63. The molecule has 0 aliphatic carbocycles. The van der Waals surface area contributed by atoms with Gasteiger partial charge in [0.15, 0.2) is 0 Å². The van der Waals surface area contributed by atoms with Crippen molar-refractivity contribution in [1.82, 2.24) is 4.98 Å². The minimum absolute atomic E-state index is 0.169. The highest BCUT2D eigenvalue weighted by Gasteiger charge is 2.11. The Hall–Kier alpha value is -1.77. The molecule has 90 valence electrons. The molecule has 0 saturated heterocycles. The lowest BCUT2D eigenvalue weighted by atomic mass is 10.1. The molecule has 0 radical (unpaired) electrons. The topological polar surface area (TPSA) is 48.1 Å². The van der Waals surface area contributed by atoms with Gasteiger partial charge in [-0.2, -0.15) is 0 Å². The van der Waals surface area contributed by atoms with Gasteiger partial charge in [-0.15, -0.1) is 0 Å². The molecule has 1 unspecified atom stereocenters. The number of pyridine rings is 1. The van der Waals surface area contributed by atoms with Gasteiger partial charge in [-0.05, 0) is 31.0 Å². The van der Waals surface area contributed by atoms with Crippen molar-refractivity contribution in [2.45, 2.75) is 26.9 Å². The second-order valence-electron chi connectivity index (χ2n) is 4.64. The molecule has 3 heteroatoms. The normalized spacial score (nSPS) is 12.9. The van der Waals surface area contributed by atoms with Gasteiger partial charge in [0.2, 0.25) is 0 Å². The number of ether oxygens (including phenoxy) is 1. The maximum atomic E-state index is 5.95. The molecule has 1 aromatic carbocycles. The van der Waals surface area contributed by atoms with Crippen molar-refractivity contribution in [1.29, 1.82) is 0 Å². The van der Waals surface area contributed by atoms with E-state index in [4.69, 9.17) is 10.5 Å². The highest BCUT2D eigenvalue weighted by Crippen LogP contribution is 2.30. The van der Waals surface area contributed by atoms with E-state index < -0.39 is 0 Å². The summed E-state index contributed by atoms with van der Waals surface area (Å²) in [6, 6.07) is 5.71. The number of nitrogen functional groups attached to an aromatic ring is 1. The molecule has 2 rings (SSSR count). The number of hydrogen-bond acceptors (Lipinski definition) is 3. The van der Waals surface area contributed by atoms with E-state index in [9.17, 15) is 0 Å². The van der Waals surface area contributed by atoms with Gasteiger partial charge < -0.3 is 10.5 Å². The zero-order chi connectivity index (χ0) is 12.4. The first-order valence-corrected chi connectivity index (χ1v) is 5.88. The second-order valence-corrected chi connectivity index (χ2v) is 4.64. The summed E-state index contributed by atoms with van der Waals surface area (Å²) in [5, 5.41) is 1.97. The molecule has 0 amide bonds. The molecule has 0 saturated carbocycles. The van der Waals surface area contributed by atoms with Gasteiger partial charge in [0.1, 0.15) is 5.75 Å². The zero-order valence-electron chi connectivity index (χ0n) is 10.5. The van der Waals surface area contributed by atoms with Gasteiger partial charge in [-0.25, -0.2) is 0 Å². The Balaban J connectivity index is 2.45. The SMILES string of the molecule is CC(C)C(C)Oc1ccc(N)c2ccncc12. The number of anilines is 1. The highest BCUT2D eigenvalue weighted by molar-refractivity contribution is 5.96. The number of hydrogen-bond donors (Lipinski definition) is 1. The third kappa shape index (κ3) is 2.33. The van der Waals surface area contributed by atoms with Gasteiger partial charge in [-0.1, -0.05) is 13.8 Å². The first-order chi connectivity index (χ1) is 8.09. The standard InChI is InChI=1S/C14H18N2O/c1-9(2)10(3)17-14-5-4-13(15)11-6-7-16-8-12(11)14/h4-10H,15H2,1-3H3. The first kappa shape index (κ1) is 11.7. The Morgan fingerprint density at radius 2 is 1.88 bits per heavy atom. The predicted octanol–water partition coefficient (Wildman–Crippen LogP) is 3.24. The van der Waals surface area contributed by atoms with Crippen molar-refractivity contribution in [2.24, 2.45) is 5.92 Å². The van der Waals surface area contributed by atoms with E-state index >= 15 is 0 Å². The summed E-state index contributed by atoms with van der Waals surface area (Å²) in [7, 11) is 0. The fraction of sp³-hybridized carbons (Fsp3) is 0.357. The largest absolute Gasteiger partial charge is 0.490 e.